The second-order valence-corrected chi connectivity index (χ2v) is 9.64. The van der Waals surface area contributed by atoms with Gasteiger partial charge in [0.25, 0.3) is 0 Å². The SMILES string of the molecule is NCCCCC(NC(=O)C(Cc1ccccc1)NC(=O)C(N)CC(N)=O)C(=O)NC(Cc1ccc(O)cc1)C(=O)O. The van der Waals surface area contributed by atoms with Crippen LogP contribution in [-0.2, 0) is 36.8 Å². The Balaban J connectivity index is 2.22. The second kappa shape index (κ2) is 16.6. The Morgan fingerprint density at radius 1 is 0.732 bits per heavy atom. The summed E-state index contributed by atoms with van der Waals surface area (Å²) >= 11 is 0. The summed E-state index contributed by atoms with van der Waals surface area (Å²) in [6, 6.07) is 9.80. The first-order valence-corrected chi connectivity index (χ1v) is 13.2. The lowest BCUT2D eigenvalue weighted by Gasteiger charge is -2.25. The number of hydrogen-bond acceptors (Lipinski definition) is 8. The largest absolute Gasteiger partial charge is 0.508 e. The van der Waals surface area contributed by atoms with Crippen LogP contribution >= 0.6 is 0 Å². The number of unbranched alkanes of at least 4 members (excludes halogenated alkanes) is 1. The smallest absolute Gasteiger partial charge is 0.326 e. The van der Waals surface area contributed by atoms with E-state index in [1.807, 2.05) is 0 Å². The van der Waals surface area contributed by atoms with Gasteiger partial charge in [0.15, 0.2) is 0 Å². The molecular formula is C28H38N6O7. The van der Waals surface area contributed by atoms with Crippen molar-refractivity contribution in [1.29, 1.82) is 0 Å². The zero-order valence-electron chi connectivity index (χ0n) is 22.6. The van der Waals surface area contributed by atoms with Gasteiger partial charge < -0.3 is 43.4 Å². The number of carboxylic acid groups (broad SMARTS) is 1. The number of amides is 4. The number of rotatable bonds is 17. The fourth-order valence-corrected chi connectivity index (χ4v) is 4.02. The third kappa shape index (κ3) is 11.6. The molecule has 0 saturated heterocycles. The minimum Gasteiger partial charge on any atom is -0.508 e. The quantitative estimate of drug-likeness (QED) is 0.109. The summed E-state index contributed by atoms with van der Waals surface area (Å²) in [4.78, 5) is 62.4. The molecule has 13 heteroatoms. The van der Waals surface area contributed by atoms with Crippen LogP contribution in [0.3, 0.4) is 0 Å². The average molecular weight is 571 g/mol. The molecule has 0 aromatic heterocycles. The molecule has 0 aliphatic carbocycles. The first kappa shape index (κ1) is 32.7. The molecule has 4 atom stereocenters. The molecule has 0 spiro atoms. The van der Waals surface area contributed by atoms with E-state index in [0.717, 1.165) is 0 Å². The summed E-state index contributed by atoms with van der Waals surface area (Å²) in [5.74, 6) is -4.25. The second-order valence-electron chi connectivity index (χ2n) is 9.64. The van der Waals surface area contributed by atoms with Crippen molar-refractivity contribution in [3.63, 3.8) is 0 Å². The molecule has 0 heterocycles. The third-order valence-corrected chi connectivity index (χ3v) is 6.24. The molecule has 4 amide bonds. The molecule has 13 nitrogen and oxygen atoms in total. The van der Waals surface area contributed by atoms with E-state index in [1.54, 1.807) is 30.3 Å². The summed E-state index contributed by atoms with van der Waals surface area (Å²) < 4.78 is 0. The van der Waals surface area contributed by atoms with E-state index in [2.05, 4.69) is 16.0 Å². The lowest BCUT2D eigenvalue weighted by Crippen LogP contribution is -2.58. The highest BCUT2D eigenvalue weighted by molar-refractivity contribution is 5.95. The van der Waals surface area contributed by atoms with Gasteiger partial charge in [0.1, 0.15) is 23.9 Å². The molecule has 0 saturated carbocycles. The summed E-state index contributed by atoms with van der Waals surface area (Å²) in [6.45, 7) is 0.353. The van der Waals surface area contributed by atoms with Crippen molar-refractivity contribution in [2.24, 2.45) is 17.2 Å². The monoisotopic (exact) mass is 570 g/mol. The minimum absolute atomic E-state index is 0.0140. The van der Waals surface area contributed by atoms with E-state index in [0.29, 0.717) is 30.5 Å². The molecule has 2 aromatic carbocycles. The van der Waals surface area contributed by atoms with Crippen LogP contribution in [0.5, 0.6) is 5.75 Å². The molecule has 0 aliphatic rings. The van der Waals surface area contributed by atoms with Gasteiger partial charge in [-0.2, -0.15) is 0 Å². The highest BCUT2D eigenvalue weighted by atomic mass is 16.4. The number of carboxylic acids is 1. The molecule has 4 unspecified atom stereocenters. The topological polar surface area (TPSA) is 240 Å². The number of carbonyl (C=O) groups is 5. The summed E-state index contributed by atoms with van der Waals surface area (Å²) in [5.41, 5.74) is 17.7. The first-order valence-electron chi connectivity index (χ1n) is 13.2. The normalized spacial score (nSPS) is 13.7. The van der Waals surface area contributed by atoms with Crippen LogP contribution in [0, 0.1) is 0 Å². The number of phenols is 1. The van der Waals surface area contributed by atoms with Gasteiger partial charge >= 0.3 is 5.97 Å². The lowest BCUT2D eigenvalue weighted by molar-refractivity contribution is -0.142. The maximum absolute atomic E-state index is 13.4. The van der Waals surface area contributed by atoms with Crippen molar-refractivity contribution < 1.29 is 34.2 Å². The summed E-state index contributed by atoms with van der Waals surface area (Å²) in [6.07, 6.45) is 0.749. The van der Waals surface area contributed by atoms with Gasteiger partial charge in [0.05, 0.1) is 12.5 Å². The maximum atomic E-state index is 13.4. The fourth-order valence-electron chi connectivity index (χ4n) is 4.02. The van der Waals surface area contributed by atoms with Crippen LogP contribution in [0.2, 0.25) is 0 Å². The van der Waals surface area contributed by atoms with E-state index < -0.39 is 60.2 Å². The van der Waals surface area contributed by atoms with Crippen LogP contribution < -0.4 is 33.2 Å². The molecule has 41 heavy (non-hydrogen) atoms. The maximum Gasteiger partial charge on any atom is 0.326 e. The Morgan fingerprint density at radius 2 is 1.27 bits per heavy atom. The van der Waals surface area contributed by atoms with Crippen LogP contribution in [0.15, 0.2) is 54.6 Å². The van der Waals surface area contributed by atoms with Gasteiger partial charge in [-0.05, 0) is 49.1 Å². The number of primary amides is 1. The number of nitrogens with two attached hydrogens (primary N) is 3. The summed E-state index contributed by atoms with van der Waals surface area (Å²) in [7, 11) is 0. The van der Waals surface area contributed by atoms with E-state index >= 15 is 0 Å². The van der Waals surface area contributed by atoms with Crippen molar-refractivity contribution in [1.82, 2.24) is 16.0 Å². The Morgan fingerprint density at radius 3 is 1.85 bits per heavy atom. The molecule has 222 valence electrons. The summed E-state index contributed by atoms with van der Waals surface area (Å²) in [5, 5.41) is 26.8. The number of aromatic hydroxyl groups is 1. The Hall–Kier alpha value is -4.49. The van der Waals surface area contributed by atoms with Gasteiger partial charge in [-0.3, -0.25) is 19.2 Å². The van der Waals surface area contributed by atoms with Crippen LogP contribution in [0.1, 0.15) is 36.8 Å². The Kier molecular flexibility index (Phi) is 13.2. The number of carbonyl (C=O) groups excluding carboxylic acids is 4. The lowest BCUT2D eigenvalue weighted by atomic mass is 10.0. The molecule has 11 N–H and O–H groups in total. The predicted octanol–water partition coefficient (Wildman–Crippen LogP) is -0.952. The van der Waals surface area contributed by atoms with E-state index in [1.165, 1.54) is 24.3 Å². The van der Waals surface area contributed by atoms with Gasteiger partial charge in [0.2, 0.25) is 23.6 Å². The number of aliphatic carboxylic acids is 1. The van der Waals surface area contributed by atoms with Crippen molar-refractivity contribution in [3.8, 4) is 5.75 Å². The first-order chi connectivity index (χ1) is 19.5. The zero-order valence-corrected chi connectivity index (χ0v) is 22.6. The van der Waals surface area contributed by atoms with Crippen molar-refractivity contribution >= 4 is 29.6 Å². The number of benzene rings is 2. The van der Waals surface area contributed by atoms with Gasteiger partial charge in [0, 0.05) is 12.8 Å². The van der Waals surface area contributed by atoms with Crippen molar-refractivity contribution in [2.45, 2.75) is 62.7 Å². The zero-order chi connectivity index (χ0) is 30.4. The van der Waals surface area contributed by atoms with Crippen LogP contribution in [0.25, 0.3) is 0 Å². The Labute approximate surface area is 237 Å². The Bertz CT molecular complexity index is 1180. The molecular weight excluding hydrogens is 532 g/mol. The van der Waals surface area contributed by atoms with E-state index in [-0.39, 0.29) is 25.0 Å². The highest BCUT2D eigenvalue weighted by Gasteiger charge is 2.30. The molecule has 0 aliphatic heterocycles. The number of nitrogens with one attached hydrogen (secondary N) is 3. The van der Waals surface area contributed by atoms with Gasteiger partial charge in [-0.25, -0.2) is 4.79 Å². The molecule has 0 bridgehead atoms. The predicted molar refractivity (Wildman–Crippen MR) is 150 cm³/mol. The number of phenolic OH excluding ortho intramolecular Hbond substituents is 1. The van der Waals surface area contributed by atoms with Gasteiger partial charge in [-0.15, -0.1) is 0 Å². The highest BCUT2D eigenvalue weighted by Crippen LogP contribution is 2.12. The molecule has 0 radical (unpaired) electrons. The van der Waals surface area contributed by atoms with Crippen molar-refractivity contribution in [2.75, 3.05) is 6.54 Å². The average Bonchev–Trinajstić information content (AvgIpc) is 2.92. The van der Waals surface area contributed by atoms with E-state index in [9.17, 15) is 34.2 Å². The standard InChI is InChI=1S/C28H38N6O7/c29-13-5-4-8-21(26(38)34-23(28(40)41)15-18-9-11-19(35)12-10-18)32-27(39)22(14-17-6-2-1-3-7-17)33-25(37)20(30)16-24(31)36/h1-3,6-7,9-12,20-23,35H,4-5,8,13-16,29-30H2,(H2,31,36)(H,32,39)(H,33,37)(H,34,38)(H,40,41). The number of hydrogen-bond donors (Lipinski definition) is 8. The van der Waals surface area contributed by atoms with Crippen LogP contribution in [0.4, 0.5) is 0 Å². The molecule has 2 rings (SSSR count). The molecule has 2 aromatic rings. The molecule has 0 fully saturated rings. The van der Waals surface area contributed by atoms with Gasteiger partial charge in [-0.1, -0.05) is 42.5 Å². The van der Waals surface area contributed by atoms with E-state index in [4.69, 9.17) is 17.2 Å². The third-order valence-electron chi connectivity index (χ3n) is 6.24. The minimum atomic E-state index is -1.31. The van der Waals surface area contributed by atoms with Crippen LogP contribution in [-0.4, -0.2) is 70.5 Å². The van der Waals surface area contributed by atoms with Crippen molar-refractivity contribution in [3.05, 3.63) is 65.7 Å². The fraction of sp³-hybridized carbons (Fsp3) is 0.393.